The lowest BCUT2D eigenvalue weighted by Gasteiger charge is -2.44. The summed E-state index contributed by atoms with van der Waals surface area (Å²) in [4.78, 5) is 2.34. The van der Waals surface area contributed by atoms with Gasteiger partial charge >= 0.3 is 0 Å². The van der Waals surface area contributed by atoms with Gasteiger partial charge in [0.25, 0.3) is 0 Å². The minimum Gasteiger partial charge on any atom is -0.381 e. The Kier molecular flexibility index (Phi) is 4.56. The summed E-state index contributed by atoms with van der Waals surface area (Å²) in [6.45, 7) is 7.11. The molecule has 90 valence electrons. The van der Waals surface area contributed by atoms with E-state index >= 15 is 0 Å². The van der Waals surface area contributed by atoms with Gasteiger partial charge in [-0.3, -0.25) is 0 Å². The monoisotopic (exact) mass is 214 g/mol. The van der Waals surface area contributed by atoms with Gasteiger partial charge in [0.2, 0.25) is 0 Å². The van der Waals surface area contributed by atoms with Crippen molar-refractivity contribution >= 4 is 0 Å². The summed E-state index contributed by atoms with van der Waals surface area (Å²) in [6, 6.07) is 0.561. The Labute approximate surface area is 94.0 Å². The molecule has 1 unspecified atom stereocenters. The molecule has 0 aromatic rings. The predicted octanol–water partition coefficient (Wildman–Crippen LogP) is 1.33. The lowest BCUT2D eigenvalue weighted by molar-refractivity contribution is 0.00222. The van der Waals surface area contributed by atoms with Crippen molar-refractivity contribution in [2.24, 2.45) is 17.1 Å². The molecule has 1 fully saturated rings. The van der Waals surface area contributed by atoms with E-state index in [0.717, 1.165) is 25.7 Å². The molecule has 0 bridgehead atoms. The number of hydrogen-bond donors (Lipinski definition) is 1. The molecule has 2 N–H and O–H groups in total. The molecule has 0 spiro atoms. The highest BCUT2D eigenvalue weighted by molar-refractivity contribution is 4.90. The van der Waals surface area contributed by atoms with E-state index in [-0.39, 0.29) is 5.41 Å². The molecule has 0 aromatic carbocycles. The second-order valence-electron chi connectivity index (χ2n) is 5.55. The molecule has 1 heterocycles. The maximum atomic E-state index is 5.89. The molecule has 1 aliphatic rings. The molecular formula is C12H26N2O. The molecule has 1 atom stereocenters. The second-order valence-corrected chi connectivity index (χ2v) is 5.55. The van der Waals surface area contributed by atoms with Gasteiger partial charge in [0.15, 0.2) is 0 Å². The van der Waals surface area contributed by atoms with E-state index in [0.29, 0.717) is 6.04 Å². The molecule has 15 heavy (non-hydrogen) atoms. The van der Waals surface area contributed by atoms with Crippen molar-refractivity contribution in [3.63, 3.8) is 0 Å². The van der Waals surface area contributed by atoms with Crippen LogP contribution in [0, 0.1) is 11.3 Å². The number of rotatable bonds is 4. The lowest BCUT2D eigenvalue weighted by Crippen LogP contribution is -2.51. The van der Waals surface area contributed by atoms with Gasteiger partial charge < -0.3 is 15.4 Å². The Bertz CT molecular complexity index is 186. The number of nitrogens with two attached hydrogens (primary N) is 1. The summed E-state index contributed by atoms with van der Waals surface area (Å²) in [5, 5.41) is 0. The van der Waals surface area contributed by atoms with Crippen molar-refractivity contribution in [1.29, 1.82) is 0 Å². The second kappa shape index (κ2) is 5.28. The highest BCUT2D eigenvalue weighted by Crippen LogP contribution is 2.33. The van der Waals surface area contributed by atoms with E-state index in [4.69, 9.17) is 10.5 Å². The molecule has 0 aliphatic carbocycles. The first-order chi connectivity index (χ1) is 6.99. The maximum Gasteiger partial charge on any atom is 0.0469 e. The van der Waals surface area contributed by atoms with E-state index in [1.807, 2.05) is 0 Å². The molecule has 1 aliphatic heterocycles. The van der Waals surface area contributed by atoms with Crippen LogP contribution < -0.4 is 5.73 Å². The molecule has 0 radical (unpaired) electrons. The van der Waals surface area contributed by atoms with E-state index in [1.54, 1.807) is 0 Å². The van der Waals surface area contributed by atoms with Crippen LogP contribution in [0.4, 0.5) is 0 Å². The third kappa shape index (κ3) is 3.16. The van der Waals surface area contributed by atoms with Gasteiger partial charge in [-0.2, -0.15) is 0 Å². The third-order valence-corrected chi connectivity index (χ3v) is 3.60. The number of nitrogens with zero attached hydrogens (tertiary/aromatic N) is 1. The van der Waals surface area contributed by atoms with Crippen molar-refractivity contribution in [3.05, 3.63) is 0 Å². The van der Waals surface area contributed by atoms with Crippen LogP contribution in [0.2, 0.25) is 0 Å². The molecular weight excluding hydrogens is 188 g/mol. The fraction of sp³-hybridized carbons (Fsp3) is 1.00. The lowest BCUT2D eigenvalue weighted by atomic mass is 9.74. The van der Waals surface area contributed by atoms with Crippen LogP contribution in [-0.4, -0.2) is 44.8 Å². The quantitative estimate of drug-likeness (QED) is 0.767. The van der Waals surface area contributed by atoms with E-state index in [1.165, 1.54) is 12.8 Å². The van der Waals surface area contributed by atoms with Crippen LogP contribution in [-0.2, 0) is 4.74 Å². The minimum atomic E-state index is 0.186. The summed E-state index contributed by atoms with van der Waals surface area (Å²) in [7, 11) is 4.33. The highest BCUT2D eigenvalue weighted by Gasteiger charge is 2.36. The van der Waals surface area contributed by atoms with Gasteiger partial charge in [0, 0.05) is 19.3 Å². The minimum absolute atomic E-state index is 0.186. The zero-order valence-electron chi connectivity index (χ0n) is 10.6. The van der Waals surface area contributed by atoms with Crippen LogP contribution in [0.5, 0.6) is 0 Å². The first-order valence-electron chi connectivity index (χ1n) is 5.93. The van der Waals surface area contributed by atoms with Gasteiger partial charge in [-0.1, -0.05) is 13.8 Å². The molecule has 3 nitrogen and oxygen atoms in total. The van der Waals surface area contributed by atoms with Crippen LogP contribution >= 0.6 is 0 Å². The maximum absolute atomic E-state index is 5.89. The molecule has 3 heteroatoms. The van der Waals surface area contributed by atoms with Crippen molar-refractivity contribution < 1.29 is 4.74 Å². The van der Waals surface area contributed by atoms with Gasteiger partial charge in [-0.05, 0) is 44.8 Å². The van der Waals surface area contributed by atoms with E-state index in [2.05, 4.69) is 32.8 Å². The van der Waals surface area contributed by atoms with Crippen LogP contribution in [0.1, 0.15) is 26.7 Å². The average Bonchev–Trinajstić information content (AvgIpc) is 2.18. The van der Waals surface area contributed by atoms with Crippen LogP contribution in [0.3, 0.4) is 0 Å². The fourth-order valence-electron chi connectivity index (χ4n) is 2.91. The molecule has 0 saturated carbocycles. The zero-order chi connectivity index (χ0) is 11.5. The van der Waals surface area contributed by atoms with Gasteiger partial charge in [-0.25, -0.2) is 0 Å². The average molecular weight is 214 g/mol. The van der Waals surface area contributed by atoms with E-state index < -0.39 is 0 Å². The topological polar surface area (TPSA) is 38.5 Å². The standard InChI is InChI=1S/C12H26N2O/c1-12(2,9-13)11(14(3)4)10-5-7-15-8-6-10/h10-11H,5-9,13H2,1-4H3. The van der Waals surface area contributed by atoms with E-state index in [9.17, 15) is 0 Å². The van der Waals surface area contributed by atoms with Gasteiger partial charge in [-0.15, -0.1) is 0 Å². The fourth-order valence-corrected chi connectivity index (χ4v) is 2.91. The molecule has 0 amide bonds. The SMILES string of the molecule is CN(C)C(C1CCOCC1)C(C)(C)CN. The van der Waals surface area contributed by atoms with Crippen molar-refractivity contribution in [2.75, 3.05) is 33.9 Å². The first kappa shape index (κ1) is 12.9. The number of ether oxygens (including phenoxy) is 1. The normalized spacial score (nSPS) is 22.0. The Morgan fingerprint density at radius 3 is 2.27 bits per heavy atom. The summed E-state index contributed by atoms with van der Waals surface area (Å²) in [5.41, 5.74) is 6.08. The highest BCUT2D eigenvalue weighted by atomic mass is 16.5. The molecule has 1 rings (SSSR count). The summed E-state index contributed by atoms with van der Waals surface area (Å²) < 4.78 is 5.43. The largest absolute Gasteiger partial charge is 0.381 e. The Hall–Kier alpha value is -0.120. The Morgan fingerprint density at radius 1 is 1.33 bits per heavy atom. The van der Waals surface area contributed by atoms with Gasteiger partial charge in [0.05, 0.1) is 0 Å². The Balaban J connectivity index is 2.72. The Morgan fingerprint density at radius 2 is 1.87 bits per heavy atom. The summed E-state index contributed by atoms with van der Waals surface area (Å²) in [5.74, 6) is 0.729. The van der Waals surface area contributed by atoms with Crippen molar-refractivity contribution in [2.45, 2.75) is 32.7 Å². The smallest absolute Gasteiger partial charge is 0.0469 e. The van der Waals surface area contributed by atoms with Crippen molar-refractivity contribution in [3.8, 4) is 0 Å². The van der Waals surface area contributed by atoms with Crippen LogP contribution in [0.15, 0.2) is 0 Å². The van der Waals surface area contributed by atoms with Crippen LogP contribution in [0.25, 0.3) is 0 Å². The summed E-state index contributed by atoms with van der Waals surface area (Å²) >= 11 is 0. The molecule has 1 saturated heterocycles. The van der Waals surface area contributed by atoms with Gasteiger partial charge in [0.1, 0.15) is 0 Å². The first-order valence-corrected chi connectivity index (χ1v) is 5.93. The summed E-state index contributed by atoms with van der Waals surface area (Å²) in [6.07, 6.45) is 2.35. The molecule has 0 aromatic heterocycles. The predicted molar refractivity (Wildman–Crippen MR) is 63.9 cm³/mol. The third-order valence-electron chi connectivity index (χ3n) is 3.60. The zero-order valence-corrected chi connectivity index (χ0v) is 10.6. The van der Waals surface area contributed by atoms with Crippen molar-refractivity contribution in [1.82, 2.24) is 4.90 Å². The number of hydrogen-bond acceptors (Lipinski definition) is 3.